The smallest absolute Gasteiger partial charge is 0.336 e. The summed E-state index contributed by atoms with van der Waals surface area (Å²) in [6, 6.07) is 11.2. The molecule has 0 radical (unpaired) electrons. The van der Waals surface area contributed by atoms with Crippen LogP contribution in [-0.2, 0) is 0 Å². The van der Waals surface area contributed by atoms with Crippen LogP contribution in [0.15, 0.2) is 42.5 Å². The lowest BCUT2D eigenvalue weighted by atomic mass is 9.97. The number of hydrogen-bond acceptors (Lipinski definition) is 2. The van der Waals surface area contributed by atoms with Gasteiger partial charge in [-0.2, -0.15) is 0 Å². The van der Waals surface area contributed by atoms with Crippen molar-refractivity contribution in [3.63, 3.8) is 0 Å². The average Bonchev–Trinajstić information content (AvgIpc) is 2.38. The van der Waals surface area contributed by atoms with Crippen LogP contribution in [0.1, 0.15) is 10.4 Å². The van der Waals surface area contributed by atoms with Crippen LogP contribution in [0, 0.1) is 5.82 Å². The number of carboxylic acid groups (broad SMARTS) is 1. The van der Waals surface area contributed by atoms with Crippen LogP contribution < -0.4 is 4.90 Å². The number of hydrogen-bond donors (Lipinski definition) is 1. The van der Waals surface area contributed by atoms with E-state index in [0.717, 1.165) is 17.3 Å². The van der Waals surface area contributed by atoms with Gasteiger partial charge in [0.15, 0.2) is 0 Å². The van der Waals surface area contributed by atoms with E-state index in [0.29, 0.717) is 5.56 Å². The van der Waals surface area contributed by atoms with Crippen LogP contribution in [0.2, 0.25) is 0 Å². The fourth-order valence-electron chi connectivity index (χ4n) is 2.02. The minimum Gasteiger partial charge on any atom is -0.478 e. The molecule has 0 amide bonds. The van der Waals surface area contributed by atoms with Crippen molar-refractivity contribution in [3.05, 3.63) is 53.8 Å². The second-order valence-corrected chi connectivity index (χ2v) is 4.41. The van der Waals surface area contributed by atoms with Crippen molar-refractivity contribution in [1.29, 1.82) is 0 Å². The van der Waals surface area contributed by atoms with Crippen molar-refractivity contribution in [2.24, 2.45) is 0 Å². The molecule has 0 aliphatic heterocycles. The predicted molar refractivity (Wildman–Crippen MR) is 73.1 cm³/mol. The molecule has 0 aliphatic rings. The number of anilines is 1. The second kappa shape index (κ2) is 5.10. The average molecular weight is 259 g/mol. The Bertz CT molecular complexity index is 623. The van der Waals surface area contributed by atoms with Crippen LogP contribution in [0.3, 0.4) is 0 Å². The Morgan fingerprint density at radius 3 is 2.42 bits per heavy atom. The van der Waals surface area contributed by atoms with E-state index < -0.39 is 11.8 Å². The van der Waals surface area contributed by atoms with E-state index in [4.69, 9.17) is 0 Å². The van der Waals surface area contributed by atoms with Crippen LogP contribution in [-0.4, -0.2) is 25.2 Å². The quantitative estimate of drug-likeness (QED) is 0.919. The summed E-state index contributed by atoms with van der Waals surface area (Å²) in [5.74, 6) is -1.69. The van der Waals surface area contributed by atoms with Gasteiger partial charge in [0.05, 0.1) is 5.56 Å². The van der Waals surface area contributed by atoms with Gasteiger partial charge in [0.2, 0.25) is 0 Å². The second-order valence-electron chi connectivity index (χ2n) is 4.41. The Morgan fingerprint density at radius 2 is 1.79 bits per heavy atom. The molecule has 2 rings (SSSR count). The normalized spacial score (nSPS) is 10.3. The molecular formula is C15H14FNO2. The number of aromatic carboxylic acids is 1. The minimum atomic E-state index is -1.14. The maximum absolute atomic E-state index is 13.2. The molecule has 0 saturated heterocycles. The SMILES string of the molecule is CN(C)c1ccccc1-c1ccc(F)cc1C(=O)O. The van der Waals surface area contributed by atoms with E-state index in [1.165, 1.54) is 12.1 Å². The molecule has 0 atom stereocenters. The molecule has 0 fully saturated rings. The van der Waals surface area contributed by atoms with Gasteiger partial charge in [-0.25, -0.2) is 9.18 Å². The standard InChI is InChI=1S/C15H14FNO2/c1-17(2)14-6-4-3-5-12(14)11-8-7-10(16)9-13(11)15(18)19/h3-9H,1-2H3,(H,18,19). The summed E-state index contributed by atoms with van der Waals surface area (Å²) >= 11 is 0. The van der Waals surface area contributed by atoms with Crippen LogP contribution in [0.4, 0.5) is 10.1 Å². The summed E-state index contributed by atoms with van der Waals surface area (Å²) in [4.78, 5) is 13.1. The number of benzene rings is 2. The summed E-state index contributed by atoms with van der Waals surface area (Å²) in [6.07, 6.45) is 0. The highest BCUT2D eigenvalue weighted by molar-refractivity contribution is 5.98. The van der Waals surface area contributed by atoms with Crippen LogP contribution in [0.5, 0.6) is 0 Å². The van der Waals surface area contributed by atoms with E-state index in [9.17, 15) is 14.3 Å². The first-order valence-corrected chi connectivity index (χ1v) is 5.80. The maximum atomic E-state index is 13.2. The van der Waals surface area contributed by atoms with E-state index in [-0.39, 0.29) is 5.56 Å². The van der Waals surface area contributed by atoms with Gasteiger partial charge in [-0.3, -0.25) is 0 Å². The Kier molecular flexibility index (Phi) is 3.51. The van der Waals surface area contributed by atoms with Crippen molar-refractivity contribution in [2.45, 2.75) is 0 Å². The summed E-state index contributed by atoms with van der Waals surface area (Å²) in [5, 5.41) is 9.20. The number of carboxylic acids is 1. The van der Waals surface area contributed by atoms with Gasteiger partial charge in [0, 0.05) is 25.3 Å². The Labute approximate surface area is 110 Å². The first-order chi connectivity index (χ1) is 9.00. The van der Waals surface area contributed by atoms with Crippen molar-refractivity contribution in [1.82, 2.24) is 0 Å². The Morgan fingerprint density at radius 1 is 1.11 bits per heavy atom. The van der Waals surface area contributed by atoms with E-state index >= 15 is 0 Å². The van der Waals surface area contributed by atoms with Crippen molar-refractivity contribution < 1.29 is 14.3 Å². The molecule has 19 heavy (non-hydrogen) atoms. The molecule has 2 aromatic carbocycles. The maximum Gasteiger partial charge on any atom is 0.336 e. The molecule has 0 aromatic heterocycles. The molecule has 1 N–H and O–H groups in total. The molecule has 0 spiro atoms. The number of carbonyl (C=O) groups is 1. The zero-order valence-electron chi connectivity index (χ0n) is 10.7. The summed E-state index contributed by atoms with van der Waals surface area (Å²) in [6.45, 7) is 0. The summed E-state index contributed by atoms with van der Waals surface area (Å²) < 4.78 is 13.2. The highest BCUT2D eigenvalue weighted by Crippen LogP contribution is 2.32. The van der Waals surface area contributed by atoms with Gasteiger partial charge in [0.25, 0.3) is 0 Å². The molecule has 0 saturated carbocycles. The molecule has 2 aromatic rings. The summed E-state index contributed by atoms with van der Waals surface area (Å²) in [7, 11) is 3.76. The Hall–Kier alpha value is -2.36. The van der Waals surface area contributed by atoms with Gasteiger partial charge in [0.1, 0.15) is 5.82 Å². The third kappa shape index (κ3) is 2.57. The van der Waals surface area contributed by atoms with Gasteiger partial charge >= 0.3 is 5.97 Å². The first kappa shape index (κ1) is 13.1. The molecule has 0 aliphatic carbocycles. The Balaban J connectivity index is 2.69. The fraction of sp³-hybridized carbons (Fsp3) is 0.133. The molecule has 0 bridgehead atoms. The highest BCUT2D eigenvalue weighted by Gasteiger charge is 2.15. The topological polar surface area (TPSA) is 40.5 Å². The van der Waals surface area contributed by atoms with Gasteiger partial charge < -0.3 is 10.0 Å². The summed E-state index contributed by atoms with van der Waals surface area (Å²) in [5.41, 5.74) is 2.13. The molecule has 0 heterocycles. The molecule has 4 heteroatoms. The van der Waals surface area contributed by atoms with Gasteiger partial charge in [-0.05, 0) is 23.8 Å². The molecule has 98 valence electrons. The first-order valence-electron chi connectivity index (χ1n) is 5.80. The fourth-order valence-corrected chi connectivity index (χ4v) is 2.02. The minimum absolute atomic E-state index is 0.0331. The number of halogens is 1. The lowest BCUT2D eigenvalue weighted by Crippen LogP contribution is -2.10. The molecular weight excluding hydrogens is 245 g/mol. The number of nitrogens with zero attached hydrogens (tertiary/aromatic N) is 1. The highest BCUT2D eigenvalue weighted by atomic mass is 19.1. The zero-order valence-corrected chi connectivity index (χ0v) is 10.7. The van der Waals surface area contributed by atoms with Crippen LogP contribution >= 0.6 is 0 Å². The van der Waals surface area contributed by atoms with Gasteiger partial charge in [-0.1, -0.05) is 24.3 Å². The predicted octanol–water partition coefficient (Wildman–Crippen LogP) is 3.26. The third-order valence-corrected chi connectivity index (χ3v) is 2.89. The van der Waals surface area contributed by atoms with E-state index in [2.05, 4.69) is 0 Å². The number of para-hydroxylation sites is 1. The van der Waals surface area contributed by atoms with Crippen LogP contribution in [0.25, 0.3) is 11.1 Å². The van der Waals surface area contributed by atoms with Crippen molar-refractivity contribution >= 4 is 11.7 Å². The monoisotopic (exact) mass is 259 g/mol. The van der Waals surface area contributed by atoms with E-state index in [1.54, 1.807) is 0 Å². The van der Waals surface area contributed by atoms with Crippen molar-refractivity contribution in [2.75, 3.05) is 19.0 Å². The molecule has 3 nitrogen and oxygen atoms in total. The van der Waals surface area contributed by atoms with E-state index in [1.807, 2.05) is 43.3 Å². The van der Waals surface area contributed by atoms with Crippen molar-refractivity contribution in [3.8, 4) is 11.1 Å². The molecule has 0 unspecified atom stereocenters. The zero-order chi connectivity index (χ0) is 14.0. The lowest BCUT2D eigenvalue weighted by Gasteiger charge is -2.18. The lowest BCUT2D eigenvalue weighted by molar-refractivity contribution is 0.0697. The number of rotatable bonds is 3. The van der Waals surface area contributed by atoms with Gasteiger partial charge in [-0.15, -0.1) is 0 Å². The largest absolute Gasteiger partial charge is 0.478 e. The third-order valence-electron chi connectivity index (χ3n) is 2.89.